The SMILES string of the molecule is C[C@H]1CN(c2ncnc3ccsc23)CCN1c1nccs1. The molecular weight excluding hydrogens is 302 g/mol. The lowest BCUT2D eigenvalue weighted by Gasteiger charge is -2.40. The third-order valence-corrected chi connectivity index (χ3v) is 5.52. The van der Waals surface area contributed by atoms with E-state index in [2.05, 4.69) is 43.1 Å². The van der Waals surface area contributed by atoms with E-state index in [1.165, 1.54) is 4.70 Å². The van der Waals surface area contributed by atoms with Crippen LogP contribution in [-0.2, 0) is 0 Å². The summed E-state index contributed by atoms with van der Waals surface area (Å²) in [7, 11) is 0. The van der Waals surface area contributed by atoms with Gasteiger partial charge in [-0.2, -0.15) is 0 Å². The molecule has 1 atom stereocenters. The van der Waals surface area contributed by atoms with Crippen LogP contribution < -0.4 is 9.80 Å². The lowest BCUT2D eigenvalue weighted by atomic mass is 10.2. The topological polar surface area (TPSA) is 45.2 Å². The van der Waals surface area contributed by atoms with Gasteiger partial charge in [-0.25, -0.2) is 15.0 Å². The number of anilines is 2. The second-order valence-corrected chi connectivity index (χ2v) is 6.92. The van der Waals surface area contributed by atoms with Gasteiger partial charge in [0.15, 0.2) is 5.13 Å². The Kier molecular flexibility index (Phi) is 3.23. The summed E-state index contributed by atoms with van der Waals surface area (Å²) in [5.74, 6) is 1.07. The van der Waals surface area contributed by atoms with Crippen molar-refractivity contribution >= 4 is 43.8 Å². The monoisotopic (exact) mass is 317 g/mol. The minimum absolute atomic E-state index is 0.426. The van der Waals surface area contributed by atoms with Crippen molar-refractivity contribution in [2.75, 3.05) is 29.4 Å². The number of aromatic nitrogens is 3. The van der Waals surface area contributed by atoms with Crippen molar-refractivity contribution in [1.82, 2.24) is 15.0 Å². The summed E-state index contributed by atoms with van der Waals surface area (Å²) in [6.07, 6.45) is 3.54. The van der Waals surface area contributed by atoms with Gasteiger partial charge < -0.3 is 9.80 Å². The molecule has 0 aromatic carbocycles. The van der Waals surface area contributed by atoms with Gasteiger partial charge in [0.2, 0.25) is 0 Å². The van der Waals surface area contributed by atoms with Crippen molar-refractivity contribution in [3.63, 3.8) is 0 Å². The summed E-state index contributed by atoms with van der Waals surface area (Å²) in [5.41, 5.74) is 1.04. The summed E-state index contributed by atoms with van der Waals surface area (Å²) < 4.78 is 1.19. The molecule has 0 aliphatic carbocycles. The van der Waals surface area contributed by atoms with E-state index < -0.39 is 0 Å². The number of thiazole rings is 1. The molecule has 3 aromatic rings. The molecule has 1 fully saturated rings. The van der Waals surface area contributed by atoms with Crippen molar-refractivity contribution < 1.29 is 0 Å². The average Bonchev–Trinajstić information content (AvgIpc) is 3.17. The van der Waals surface area contributed by atoms with Crippen molar-refractivity contribution in [2.24, 2.45) is 0 Å². The number of rotatable bonds is 2. The van der Waals surface area contributed by atoms with Crippen LogP contribution in [0.5, 0.6) is 0 Å². The van der Waals surface area contributed by atoms with Gasteiger partial charge in [0, 0.05) is 37.3 Å². The fourth-order valence-electron chi connectivity index (χ4n) is 2.79. The Labute approximate surface area is 130 Å². The predicted molar refractivity (Wildman–Crippen MR) is 88.6 cm³/mol. The molecule has 0 saturated carbocycles. The molecule has 0 amide bonds. The number of nitrogens with zero attached hydrogens (tertiary/aromatic N) is 5. The third kappa shape index (κ3) is 2.26. The predicted octanol–water partition coefficient (Wildman–Crippen LogP) is 2.86. The zero-order chi connectivity index (χ0) is 14.2. The molecule has 4 heterocycles. The molecule has 108 valence electrons. The first kappa shape index (κ1) is 13.0. The standard InChI is InChI=1S/C14H15N5S2/c1-10-8-18(4-5-19(10)14-15-3-7-21-14)13-12-11(2-6-20-12)16-9-17-13/h2-3,6-7,9-10H,4-5,8H2,1H3/t10-/m0/s1. The molecule has 7 heteroatoms. The molecule has 0 N–H and O–H groups in total. The average molecular weight is 317 g/mol. The first-order valence-electron chi connectivity index (χ1n) is 6.92. The molecule has 4 rings (SSSR count). The van der Waals surface area contributed by atoms with Crippen molar-refractivity contribution in [3.8, 4) is 0 Å². The van der Waals surface area contributed by atoms with Crippen LogP contribution in [0.4, 0.5) is 10.9 Å². The fraction of sp³-hybridized carbons (Fsp3) is 0.357. The second-order valence-electron chi connectivity index (χ2n) is 5.14. The molecular formula is C14H15N5S2. The number of piperazine rings is 1. The van der Waals surface area contributed by atoms with Gasteiger partial charge in [-0.15, -0.1) is 22.7 Å². The zero-order valence-corrected chi connectivity index (χ0v) is 13.3. The summed E-state index contributed by atoms with van der Waals surface area (Å²) in [5, 5.41) is 5.23. The summed E-state index contributed by atoms with van der Waals surface area (Å²) in [4.78, 5) is 18.0. The smallest absolute Gasteiger partial charge is 0.185 e. The van der Waals surface area contributed by atoms with Gasteiger partial charge in [-0.3, -0.25) is 0 Å². The Morgan fingerprint density at radius 3 is 2.90 bits per heavy atom. The Morgan fingerprint density at radius 1 is 1.14 bits per heavy atom. The van der Waals surface area contributed by atoms with Crippen LogP contribution in [0.2, 0.25) is 0 Å². The molecule has 0 bridgehead atoms. The van der Waals surface area contributed by atoms with Crippen LogP contribution in [0.3, 0.4) is 0 Å². The minimum atomic E-state index is 0.426. The fourth-order valence-corrected chi connectivity index (χ4v) is 4.43. The van der Waals surface area contributed by atoms with E-state index in [0.717, 1.165) is 36.1 Å². The third-order valence-electron chi connectivity index (χ3n) is 3.82. The Hall–Kier alpha value is -1.73. The van der Waals surface area contributed by atoms with Crippen LogP contribution in [-0.4, -0.2) is 40.6 Å². The van der Waals surface area contributed by atoms with Crippen molar-refractivity contribution in [3.05, 3.63) is 29.4 Å². The van der Waals surface area contributed by atoms with E-state index in [-0.39, 0.29) is 0 Å². The maximum atomic E-state index is 4.52. The van der Waals surface area contributed by atoms with Crippen molar-refractivity contribution in [1.29, 1.82) is 0 Å². The first-order valence-corrected chi connectivity index (χ1v) is 8.68. The van der Waals surface area contributed by atoms with Crippen LogP contribution in [0.25, 0.3) is 10.2 Å². The number of hydrogen-bond acceptors (Lipinski definition) is 7. The van der Waals surface area contributed by atoms with Crippen LogP contribution >= 0.6 is 22.7 Å². The van der Waals surface area contributed by atoms with Gasteiger partial charge >= 0.3 is 0 Å². The molecule has 0 unspecified atom stereocenters. The van der Waals surface area contributed by atoms with Crippen LogP contribution in [0, 0.1) is 0 Å². The molecule has 3 aromatic heterocycles. The largest absolute Gasteiger partial charge is 0.351 e. The lowest BCUT2D eigenvalue weighted by molar-refractivity contribution is 0.547. The van der Waals surface area contributed by atoms with E-state index in [4.69, 9.17) is 0 Å². The minimum Gasteiger partial charge on any atom is -0.351 e. The molecule has 1 aliphatic heterocycles. The zero-order valence-electron chi connectivity index (χ0n) is 11.6. The van der Waals surface area contributed by atoms with Gasteiger partial charge in [0.1, 0.15) is 12.1 Å². The normalized spacial score (nSPS) is 19.4. The Morgan fingerprint density at radius 2 is 2.10 bits per heavy atom. The molecule has 1 aliphatic rings. The maximum absolute atomic E-state index is 4.52. The number of fused-ring (bicyclic) bond motifs is 1. The Bertz CT molecular complexity index is 739. The maximum Gasteiger partial charge on any atom is 0.185 e. The summed E-state index contributed by atoms with van der Waals surface area (Å²) >= 11 is 3.42. The van der Waals surface area contributed by atoms with Crippen molar-refractivity contribution in [2.45, 2.75) is 13.0 Å². The van der Waals surface area contributed by atoms with E-state index in [9.17, 15) is 0 Å². The summed E-state index contributed by atoms with van der Waals surface area (Å²) in [6.45, 7) is 5.16. The molecule has 5 nitrogen and oxygen atoms in total. The van der Waals surface area contributed by atoms with Crippen LogP contribution in [0.15, 0.2) is 29.4 Å². The van der Waals surface area contributed by atoms with Gasteiger partial charge in [-0.05, 0) is 18.4 Å². The summed E-state index contributed by atoms with van der Waals surface area (Å²) in [6, 6.07) is 2.48. The highest BCUT2D eigenvalue weighted by atomic mass is 32.1. The van der Waals surface area contributed by atoms with Gasteiger partial charge in [0.05, 0.1) is 10.2 Å². The van der Waals surface area contributed by atoms with E-state index in [1.54, 1.807) is 29.0 Å². The molecule has 0 radical (unpaired) electrons. The van der Waals surface area contributed by atoms with Crippen LogP contribution in [0.1, 0.15) is 6.92 Å². The highest BCUT2D eigenvalue weighted by Crippen LogP contribution is 2.30. The van der Waals surface area contributed by atoms with E-state index in [0.29, 0.717) is 6.04 Å². The van der Waals surface area contributed by atoms with Gasteiger partial charge in [-0.1, -0.05) is 0 Å². The number of thiophene rings is 1. The van der Waals surface area contributed by atoms with E-state index in [1.807, 2.05) is 11.6 Å². The van der Waals surface area contributed by atoms with Gasteiger partial charge in [0.25, 0.3) is 0 Å². The first-order chi connectivity index (χ1) is 10.3. The highest BCUT2D eigenvalue weighted by Gasteiger charge is 2.27. The lowest BCUT2D eigenvalue weighted by Crippen LogP contribution is -2.52. The molecule has 0 spiro atoms. The second kappa shape index (κ2) is 5.23. The quantitative estimate of drug-likeness (QED) is 0.727. The van der Waals surface area contributed by atoms with E-state index >= 15 is 0 Å². The molecule has 1 saturated heterocycles. The highest BCUT2D eigenvalue weighted by molar-refractivity contribution is 7.17. The number of hydrogen-bond donors (Lipinski definition) is 0. The molecule has 21 heavy (non-hydrogen) atoms. The Balaban J connectivity index is 1.60.